The van der Waals surface area contributed by atoms with E-state index in [4.69, 9.17) is 11.6 Å². The van der Waals surface area contributed by atoms with E-state index in [0.717, 1.165) is 11.0 Å². The highest BCUT2D eigenvalue weighted by Crippen LogP contribution is 2.28. The highest BCUT2D eigenvalue weighted by molar-refractivity contribution is 6.20. The highest BCUT2D eigenvalue weighted by Gasteiger charge is 2.26. The Balaban J connectivity index is 2.53. The Labute approximate surface area is 129 Å². The number of hydrogen-bond acceptors (Lipinski definition) is 3. The standard InChI is InChI=1S/C15H21ClN4O/c1-5-19(6-2)15(21)11(4)20-13-7-8-17-9-12(13)18-14(20)10(3)16/h7-11H,5-6H2,1-4H3. The summed E-state index contributed by atoms with van der Waals surface area (Å²) >= 11 is 6.25. The minimum Gasteiger partial charge on any atom is -0.341 e. The molecule has 0 aliphatic carbocycles. The summed E-state index contributed by atoms with van der Waals surface area (Å²) in [6.45, 7) is 9.11. The molecule has 5 nitrogen and oxygen atoms in total. The molecule has 114 valence electrons. The van der Waals surface area contributed by atoms with E-state index in [2.05, 4.69) is 9.97 Å². The lowest BCUT2D eigenvalue weighted by Gasteiger charge is -2.25. The van der Waals surface area contributed by atoms with E-state index in [0.29, 0.717) is 18.9 Å². The fourth-order valence-electron chi connectivity index (χ4n) is 2.57. The molecule has 0 N–H and O–H groups in total. The summed E-state index contributed by atoms with van der Waals surface area (Å²) in [6, 6.07) is 1.53. The number of rotatable bonds is 5. The summed E-state index contributed by atoms with van der Waals surface area (Å²) in [7, 11) is 0. The molecule has 2 unspecified atom stereocenters. The Morgan fingerprint density at radius 3 is 2.62 bits per heavy atom. The molecule has 0 aliphatic rings. The second-order valence-corrected chi connectivity index (χ2v) is 5.66. The van der Waals surface area contributed by atoms with Gasteiger partial charge in [0, 0.05) is 19.3 Å². The summed E-state index contributed by atoms with van der Waals surface area (Å²) in [5, 5.41) is -0.274. The fourth-order valence-corrected chi connectivity index (χ4v) is 2.72. The maximum absolute atomic E-state index is 12.6. The third-order valence-corrected chi connectivity index (χ3v) is 3.89. The second kappa shape index (κ2) is 6.43. The van der Waals surface area contributed by atoms with Crippen LogP contribution in [0.2, 0.25) is 0 Å². The SMILES string of the molecule is CCN(CC)C(=O)C(C)n1c(C(C)Cl)nc2cnccc21. The first kappa shape index (κ1) is 15.8. The van der Waals surface area contributed by atoms with Crippen LogP contribution in [0.1, 0.15) is 44.9 Å². The first-order valence-electron chi connectivity index (χ1n) is 7.25. The Morgan fingerprint density at radius 1 is 1.38 bits per heavy atom. The number of hydrogen-bond donors (Lipinski definition) is 0. The number of aromatic nitrogens is 3. The smallest absolute Gasteiger partial charge is 0.245 e. The van der Waals surface area contributed by atoms with Gasteiger partial charge in [-0.1, -0.05) is 0 Å². The van der Waals surface area contributed by atoms with Crippen molar-refractivity contribution >= 4 is 28.5 Å². The van der Waals surface area contributed by atoms with E-state index in [9.17, 15) is 4.79 Å². The molecule has 6 heteroatoms. The first-order chi connectivity index (χ1) is 10.0. The molecule has 0 spiro atoms. The molecule has 1 amide bonds. The highest BCUT2D eigenvalue weighted by atomic mass is 35.5. The van der Waals surface area contributed by atoms with Crippen molar-refractivity contribution in [3.63, 3.8) is 0 Å². The van der Waals surface area contributed by atoms with Crippen LogP contribution >= 0.6 is 11.6 Å². The molecule has 2 heterocycles. The van der Waals surface area contributed by atoms with Crippen LogP contribution in [0.3, 0.4) is 0 Å². The van der Waals surface area contributed by atoms with Gasteiger partial charge < -0.3 is 9.47 Å². The average Bonchev–Trinajstić information content (AvgIpc) is 2.87. The summed E-state index contributed by atoms with van der Waals surface area (Å²) in [5.74, 6) is 0.780. The summed E-state index contributed by atoms with van der Waals surface area (Å²) in [5.41, 5.74) is 1.65. The monoisotopic (exact) mass is 308 g/mol. The maximum Gasteiger partial charge on any atom is 0.245 e. The normalized spacial score (nSPS) is 14.1. The molecule has 2 aromatic heterocycles. The molecule has 21 heavy (non-hydrogen) atoms. The zero-order chi connectivity index (χ0) is 15.6. The van der Waals surface area contributed by atoms with Crippen LogP contribution in [0.5, 0.6) is 0 Å². The summed E-state index contributed by atoms with van der Waals surface area (Å²) in [6.07, 6.45) is 3.40. The van der Waals surface area contributed by atoms with Crippen LogP contribution in [0.15, 0.2) is 18.5 Å². The largest absolute Gasteiger partial charge is 0.341 e. The van der Waals surface area contributed by atoms with Gasteiger partial charge in [0.2, 0.25) is 5.91 Å². The summed E-state index contributed by atoms with van der Waals surface area (Å²) in [4.78, 5) is 23.1. The number of imidazole rings is 1. The van der Waals surface area contributed by atoms with E-state index in [-0.39, 0.29) is 17.3 Å². The van der Waals surface area contributed by atoms with Crippen molar-refractivity contribution in [3.05, 3.63) is 24.3 Å². The van der Waals surface area contributed by atoms with E-state index < -0.39 is 0 Å². The van der Waals surface area contributed by atoms with Gasteiger partial charge in [0.1, 0.15) is 17.4 Å². The van der Waals surface area contributed by atoms with Crippen molar-refractivity contribution in [2.75, 3.05) is 13.1 Å². The fraction of sp³-hybridized carbons (Fsp3) is 0.533. The Kier molecular flexibility index (Phi) is 4.83. The van der Waals surface area contributed by atoms with Gasteiger partial charge in [-0.15, -0.1) is 11.6 Å². The topological polar surface area (TPSA) is 51.0 Å². The maximum atomic E-state index is 12.6. The number of pyridine rings is 1. The predicted molar refractivity (Wildman–Crippen MR) is 84.4 cm³/mol. The molecular formula is C15H21ClN4O. The Morgan fingerprint density at radius 2 is 2.05 bits per heavy atom. The molecule has 0 fully saturated rings. The number of alkyl halides is 1. The van der Waals surface area contributed by atoms with E-state index in [1.807, 2.05) is 43.2 Å². The van der Waals surface area contributed by atoms with Crippen LogP contribution < -0.4 is 0 Å². The van der Waals surface area contributed by atoms with Gasteiger partial charge in [0.25, 0.3) is 0 Å². The van der Waals surface area contributed by atoms with Gasteiger partial charge in [0.15, 0.2) is 0 Å². The number of carbonyl (C=O) groups is 1. The van der Waals surface area contributed by atoms with Crippen LogP contribution in [0, 0.1) is 0 Å². The predicted octanol–water partition coefficient (Wildman–Crippen LogP) is 3.16. The number of halogens is 1. The number of likely N-dealkylation sites (N-methyl/N-ethyl adjacent to an activating group) is 1. The number of amides is 1. The van der Waals surface area contributed by atoms with Crippen molar-refractivity contribution in [3.8, 4) is 0 Å². The van der Waals surface area contributed by atoms with Crippen molar-refractivity contribution in [1.82, 2.24) is 19.4 Å². The average molecular weight is 309 g/mol. The zero-order valence-electron chi connectivity index (χ0n) is 12.9. The Bertz CT molecular complexity index is 634. The molecule has 2 atom stereocenters. The van der Waals surface area contributed by atoms with E-state index in [1.165, 1.54) is 0 Å². The number of fused-ring (bicyclic) bond motifs is 1. The lowest BCUT2D eigenvalue weighted by molar-refractivity contribution is -0.133. The first-order valence-corrected chi connectivity index (χ1v) is 7.69. The molecule has 2 rings (SSSR count). The van der Waals surface area contributed by atoms with Crippen LogP contribution in [-0.2, 0) is 4.79 Å². The quantitative estimate of drug-likeness (QED) is 0.797. The van der Waals surface area contributed by atoms with Crippen molar-refractivity contribution < 1.29 is 4.79 Å². The lowest BCUT2D eigenvalue weighted by Crippen LogP contribution is -2.36. The third kappa shape index (κ3) is 2.88. The number of nitrogens with zero attached hydrogens (tertiary/aromatic N) is 4. The van der Waals surface area contributed by atoms with Gasteiger partial charge in [-0.3, -0.25) is 9.78 Å². The molecule has 0 radical (unpaired) electrons. The van der Waals surface area contributed by atoms with Crippen molar-refractivity contribution in [2.24, 2.45) is 0 Å². The van der Waals surface area contributed by atoms with E-state index >= 15 is 0 Å². The molecule has 2 aromatic rings. The minimum atomic E-state index is -0.339. The van der Waals surface area contributed by atoms with Crippen LogP contribution in [0.4, 0.5) is 0 Å². The minimum absolute atomic E-state index is 0.0784. The third-order valence-electron chi connectivity index (χ3n) is 3.69. The van der Waals surface area contributed by atoms with Gasteiger partial charge in [-0.05, 0) is 33.8 Å². The van der Waals surface area contributed by atoms with Crippen LogP contribution in [0.25, 0.3) is 11.0 Å². The molecule has 0 bridgehead atoms. The molecular weight excluding hydrogens is 288 g/mol. The van der Waals surface area contributed by atoms with Gasteiger partial charge in [0.05, 0.1) is 17.1 Å². The molecule has 0 aromatic carbocycles. The van der Waals surface area contributed by atoms with Gasteiger partial charge in [-0.2, -0.15) is 0 Å². The van der Waals surface area contributed by atoms with Gasteiger partial charge >= 0.3 is 0 Å². The lowest BCUT2D eigenvalue weighted by atomic mass is 10.2. The van der Waals surface area contributed by atoms with E-state index in [1.54, 1.807) is 12.4 Å². The summed E-state index contributed by atoms with van der Waals surface area (Å²) < 4.78 is 1.93. The Hall–Kier alpha value is -1.62. The molecule has 0 saturated carbocycles. The zero-order valence-corrected chi connectivity index (χ0v) is 13.6. The number of carbonyl (C=O) groups excluding carboxylic acids is 1. The van der Waals surface area contributed by atoms with Crippen molar-refractivity contribution in [2.45, 2.75) is 39.1 Å². The van der Waals surface area contributed by atoms with Gasteiger partial charge in [-0.25, -0.2) is 4.98 Å². The molecule has 0 aliphatic heterocycles. The second-order valence-electron chi connectivity index (χ2n) is 5.01. The van der Waals surface area contributed by atoms with Crippen molar-refractivity contribution in [1.29, 1.82) is 0 Å². The molecule has 0 saturated heterocycles. The van der Waals surface area contributed by atoms with Crippen LogP contribution in [-0.4, -0.2) is 38.4 Å².